The lowest BCUT2D eigenvalue weighted by atomic mass is 9.93. The van der Waals surface area contributed by atoms with Gasteiger partial charge in [0.25, 0.3) is 0 Å². The van der Waals surface area contributed by atoms with Crippen LogP contribution < -0.4 is 10.5 Å². The Balaban J connectivity index is 1.72. The van der Waals surface area contributed by atoms with Crippen molar-refractivity contribution < 1.29 is 14.3 Å². The molecule has 0 spiro atoms. The molecule has 1 saturated heterocycles. The standard InChI is InChI=1S/C17H24N2O3/c1-21-14-4-2-13(3-5-14)17(7-8-17)16(20)19-10-11-22-15(12-19)6-9-18/h2-5,15H,6-12,18H2,1H3/t15-/m1/s1. The SMILES string of the molecule is COc1ccc(C2(C(=O)N3CCO[C@H](CCN)C3)CC2)cc1. The molecule has 5 nitrogen and oxygen atoms in total. The number of hydrogen-bond acceptors (Lipinski definition) is 4. The van der Waals surface area contributed by atoms with Gasteiger partial charge in [-0.1, -0.05) is 12.1 Å². The van der Waals surface area contributed by atoms with Gasteiger partial charge in [-0.25, -0.2) is 0 Å². The first-order chi connectivity index (χ1) is 10.7. The normalized spacial score (nSPS) is 23.2. The number of nitrogens with two attached hydrogens (primary N) is 1. The molecular weight excluding hydrogens is 280 g/mol. The average molecular weight is 304 g/mol. The molecule has 2 N–H and O–H groups in total. The second kappa shape index (κ2) is 6.26. The van der Waals surface area contributed by atoms with Crippen LogP contribution in [0.3, 0.4) is 0 Å². The van der Waals surface area contributed by atoms with Gasteiger partial charge >= 0.3 is 0 Å². The van der Waals surface area contributed by atoms with E-state index in [9.17, 15) is 4.79 Å². The van der Waals surface area contributed by atoms with E-state index in [-0.39, 0.29) is 17.4 Å². The molecule has 1 aromatic carbocycles. The van der Waals surface area contributed by atoms with E-state index >= 15 is 0 Å². The van der Waals surface area contributed by atoms with Crippen LogP contribution in [-0.4, -0.2) is 50.3 Å². The summed E-state index contributed by atoms with van der Waals surface area (Å²) in [6, 6.07) is 7.89. The third-order valence-corrected chi connectivity index (χ3v) is 4.72. The number of morpholine rings is 1. The molecule has 1 atom stereocenters. The quantitative estimate of drug-likeness (QED) is 0.890. The maximum atomic E-state index is 13.0. The molecule has 1 aliphatic carbocycles. The lowest BCUT2D eigenvalue weighted by Crippen LogP contribution is -2.49. The van der Waals surface area contributed by atoms with Gasteiger partial charge in [-0.2, -0.15) is 0 Å². The Morgan fingerprint density at radius 3 is 2.73 bits per heavy atom. The van der Waals surface area contributed by atoms with Crippen LogP contribution >= 0.6 is 0 Å². The van der Waals surface area contributed by atoms with Crippen molar-refractivity contribution >= 4 is 5.91 Å². The van der Waals surface area contributed by atoms with Gasteiger partial charge in [0, 0.05) is 13.1 Å². The van der Waals surface area contributed by atoms with Gasteiger partial charge in [0.15, 0.2) is 0 Å². The fraction of sp³-hybridized carbons (Fsp3) is 0.588. The van der Waals surface area contributed by atoms with Crippen molar-refractivity contribution in [2.45, 2.75) is 30.8 Å². The molecule has 0 bridgehead atoms. The average Bonchev–Trinajstić information content (AvgIpc) is 3.37. The van der Waals surface area contributed by atoms with Gasteiger partial charge in [0.2, 0.25) is 5.91 Å². The van der Waals surface area contributed by atoms with Crippen LogP contribution in [0.2, 0.25) is 0 Å². The van der Waals surface area contributed by atoms with Crippen LogP contribution in [-0.2, 0) is 14.9 Å². The second-order valence-electron chi connectivity index (χ2n) is 6.13. The Hall–Kier alpha value is -1.59. The molecule has 1 aromatic rings. The maximum Gasteiger partial charge on any atom is 0.233 e. The van der Waals surface area contributed by atoms with Crippen LogP contribution in [0.25, 0.3) is 0 Å². The fourth-order valence-corrected chi connectivity index (χ4v) is 3.23. The number of methoxy groups -OCH3 is 1. The molecule has 2 fully saturated rings. The zero-order valence-electron chi connectivity index (χ0n) is 13.1. The topological polar surface area (TPSA) is 64.8 Å². The lowest BCUT2D eigenvalue weighted by Gasteiger charge is -2.35. The van der Waals surface area contributed by atoms with Crippen LogP contribution in [0.15, 0.2) is 24.3 Å². The summed E-state index contributed by atoms with van der Waals surface area (Å²) in [4.78, 5) is 15.0. The second-order valence-corrected chi connectivity index (χ2v) is 6.13. The third-order valence-electron chi connectivity index (χ3n) is 4.72. The molecule has 1 amide bonds. The highest BCUT2D eigenvalue weighted by atomic mass is 16.5. The Labute approximate surface area is 131 Å². The molecule has 5 heteroatoms. The Bertz CT molecular complexity index is 523. The Kier molecular flexibility index (Phi) is 4.36. The first kappa shape index (κ1) is 15.3. The molecule has 3 rings (SSSR count). The molecule has 0 radical (unpaired) electrons. The summed E-state index contributed by atoms with van der Waals surface area (Å²) >= 11 is 0. The van der Waals surface area contributed by atoms with E-state index in [4.69, 9.17) is 15.2 Å². The van der Waals surface area contributed by atoms with Gasteiger partial charge in [-0.3, -0.25) is 4.79 Å². The number of ether oxygens (including phenoxy) is 2. The highest BCUT2D eigenvalue weighted by molar-refractivity contribution is 5.91. The molecule has 22 heavy (non-hydrogen) atoms. The lowest BCUT2D eigenvalue weighted by molar-refractivity contribution is -0.141. The van der Waals surface area contributed by atoms with E-state index in [1.165, 1.54) is 0 Å². The van der Waals surface area contributed by atoms with Crippen molar-refractivity contribution in [1.82, 2.24) is 4.90 Å². The Morgan fingerprint density at radius 1 is 1.41 bits per heavy atom. The molecule has 0 unspecified atom stereocenters. The van der Waals surface area contributed by atoms with Crippen LogP contribution in [0.4, 0.5) is 0 Å². The highest BCUT2D eigenvalue weighted by Crippen LogP contribution is 2.50. The third kappa shape index (κ3) is 2.83. The number of benzene rings is 1. The summed E-state index contributed by atoms with van der Waals surface area (Å²) in [6.45, 7) is 2.54. The van der Waals surface area contributed by atoms with Crippen molar-refractivity contribution in [2.75, 3.05) is 33.4 Å². The Morgan fingerprint density at radius 2 is 2.14 bits per heavy atom. The molecule has 1 saturated carbocycles. The number of carbonyl (C=O) groups excluding carboxylic acids is 1. The molecule has 2 aliphatic rings. The fourth-order valence-electron chi connectivity index (χ4n) is 3.23. The summed E-state index contributed by atoms with van der Waals surface area (Å²) in [5.41, 5.74) is 6.38. The van der Waals surface area contributed by atoms with Crippen LogP contribution in [0.1, 0.15) is 24.8 Å². The minimum Gasteiger partial charge on any atom is -0.497 e. The largest absolute Gasteiger partial charge is 0.497 e. The first-order valence-corrected chi connectivity index (χ1v) is 7.95. The zero-order valence-corrected chi connectivity index (χ0v) is 13.1. The number of amides is 1. The van der Waals surface area contributed by atoms with Crippen molar-refractivity contribution in [1.29, 1.82) is 0 Å². The van der Waals surface area contributed by atoms with Crippen molar-refractivity contribution in [3.63, 3.8) is 0 Å². The molecular formula is C17H24N2O3. The summed E-state index contributed by atoms with van der Waals surface area (Å²) in [5, 5.41) is 0. The van der Waals surface area contributed by atoms with Crippen molar-refractivity contribution in [3.8, 4) is 5.75 Å². The summed E-state index contributed by atoms with van der Waals surface area (Å²) in [7, 11) is 1.65. The van der Waals surface area contributed by atoms with E-state index < -0.39 is 0 Å². The molecule has 0 aromatic heterocycles. The summed E-state index contributed by atoms with van der Waals surface area (Å²) < 4.78 is 10.9. The number of rotatable bonds is 5. The zero-order chi connectivity index (χ0) is 15.6. The predicted octanol–water partition coefficient (Wildman–Crippen LogP) is 1.30. The smallest absolute Gasteiger partial charge is 0.233 e. The highest BCUT2D eigenvalue weighted by Gasteiger charge is 2.53. The number of carbonyl (C=O) groups is 1. The van der Waals surface area contributed by atoms with Gasteiger partial charge in [-0.15, -0.1) is 0 Å². The predicted molar refractivity (Wildman–Crippen MR) is 83.9 cm³/mol. The molecule has 120 valence electrons. The van der Waals surface area contributed by atoms with Gasteiger partial charge in [0.1, 0.15) is 5.75 Å². The maximum absolute atomic E-state index is 13.0. The monoisotopic (exact) mass is 304 g/mol. The minimum atomic E-state index is -0.323. The van der Waals surface area contributed by atoms with E-state index in [2.05, 4.69) is 0 Å². The van der Waals surface area contributed by atoms with Gasteiger partial charge in [0.05, 0.1) is 25.2 Å². The molecule has 1 aliphatic heterocycles. The van der Waals surface area contributed by atoms with Gasteiger partial charge < -0.3 is 20.1 Å². The number of hydrogen-bond donors (Lipinski definition) is 1. The van der Waals surface area contributed by atoms with Crippen molar-refractivity contribution in [2.24, 2.45) is 5.73 Å². The van der Waals surface area contributed by atoms with Crippen LogP contribution in [0, 0.1) is 0 Å². The first-order valence-electron chi connectivity index (χ1n) is 7.95. The summed E-state index contributed by atoms with van der Waals surface area (Å²) in [6.07, 6.45) is 2.74. The minimum absolute atomic E-state index is 0.0781. The van der Waals surface area contributed by atoms with E-state index in [0.717, 1.165) is 30.6 Å². The van der Waals surface area contributed by atoms with E-state index in [1.54, 1.807) is 7.11 Å². The molecule has 1 heterocycles. The summed E-state index contributed by atoms with van der Waals surface area (Å²) in [5.74, 6) is 1.06. The number of nitrogens with zero attached hydrogens (tertiary/aromatic N) is 1. The van der Waals surface area contributed by atoms with E-state index in [0.29, 0.717) is 26.2 Å². The van der Waals surface area contributed by atoms with Crippen molar-refractivity contribution in [3.05, 3.63) is 29.8 Å². The van der Waals surface area contributed by atoms with Gasteiger partial charge in [-0.05, 0) is 43.5 Å². The van der Waals surface area contributed by atoms with Crippen LogP contribution in [0.5, 0.6) is 5.75 Å². The van der Waals surface area contributed by atoms with E-state index in [1.807, 2.05) is 29.2 Å².